The van der Waals surface area contributed by atoms with E-state index in [1.807, 2.05) is 13.0 Å². The Bertz CT molecular complexity index is 325. The van der Waals surface area contributed by atoms with Crippen molar-refractivity contribution in [2.75, 3.05) is 6.61 Å². The Labute approximate surface area is 84.0 Å². The van der Waals surface area contributed by atoms with Crippen LogP contribution in [0, 0.1) is 0 Å². The molecule has 1 unspecified atom stereocenters. The summed E-state index contributed by atoms with van der Waals surface area (Å²) in [5.41, 5.74) is 0.588. The van der Waals surface area contributed by atoms with Crippen LogP contribution in [0.5, 0.6) is 0 Å². The maximum Gasteiger partial charge on any atom is 0.132 e. The quantitative estimate of drug-likeness (QED) is 0.714. The molecule has 0 radical (unpaired) electrons. The van der Waals surface area contributed by atoms with Gasteiger partial charge in [-0.2, -0.15) is 0 Å². The average molecular weight is 249 g/mol. The van der Waals surface area contributed by atoms with Crippen LogP contribution in [0.3, 0.4) is 0 Å². The van der Waals surface area contributed by atoms with Gasteiger partial charge in [0.2, 0.25) is 0 Å². The minimum Gasteiger partial charge on any atom is -0.363 e. The fourth-order valence-corrected chi connectivity index (χ4v) is 1.88. The Balaban J connectivity index is 2.45. The maximum atomic E-state index is 5.98. The number of nitrogens with zero attached hydrogens (tertiary/aromatic N) is 1. The molecule has 12 heavy (non-hydrogen) atoms. The highest BCUT2D eigenvalue weighted by Crippen LogP contribution is 2.40. The minimum absolute atomic E-state index is 0.238. The van der Waals surface area contributed by atoms with E-state index in [2.05, 4.69) is 20.9 Å². The van der Waals surface area contributed by atoms with E-state index >= 15 is 0 Å². The third-order valence-electron chi connectivity index (χ3n) is 1.89. The van der Waals surface area contributed by atoms with Crippen LogP contribution in [-0.2, 0) is 10.3 Å². The van der Waals surface area contributed by atoms with E-state index in [0.29, 0.717) is 11.6 Å². The summed E-state index contributed by atoms with van der Waals surface area (Å²) in [6.07, 6.45) is 1.73. The molecule has 1 fully saturated rings. The van der Waals surface area contributed by atoms with Crippen molar-refractivity contribution in [2.45, 2.75) is 12.5 Å². The first-order valence-electron chi connectivity index (χ1n) is 3.57. The van der Waals surface area contributed by atoms with Crippen LogP contribution in [0.4, 0.5) is 0 Å². The lowest BCUT2D eigenvalue weighted by atomic mass is 10.1. The molecular formula is C8H7BrClNO. The minimum atomic E-state index is -0.238. The molecule has 1 aliphatic rings. The number of halogens is 2. The summed E-state index contributed by atoms with van der Waals surface area (Å²) in [5, 5.41) is 0.657. The summed E-state index contributed by atoms with van der Waals surface area (Å²) in [4.78, 5) is 4.21. The predicted octanol–water partition coefficient (Wildman–Crippen LogP) is 2.74. The summed E-state index contributed by atoms with van der Waals surface area (Å²) < 4.78 is 6.13. The summed E-state index contributed by atoms with van der Waals surface area (Å²) in [5.74, 6) is 0. The van der Waals surface area contributed by atoms with Gasteiger partial charge in [0.05, 0.1) is 17.3 Å². The van der Waals surface area contributed by atoms with Crippen LogP contribution in [-0.4, -0.2) is 11.6 Å². The van der Waals surface area contributed by atoms with Gasteiger partial charge in [0.15, 0.2) is 0 Å². The molecule has 0 spiro atoms. The molecule has 0 amide bonds. The van der Waals surface area contributed by atoms with E-state index in [1.165, 1.54) is 0 Å². The van der Waals surface area contributed by atoms with Crippen LogP contribution in [0.1, 0.15) is 12.6 Å². The Kier molecular flexibility index (Phi) is 1.90. The molecule has 2 nitrogen and oxygen atoms in total. The van der Waals surface area contributed by atoms with Gasteiger partial charge in [-0.25, -0.2) is 0 Å². The summed E-state index contributed by atoms with van der Waals surface area (Å²) >= 11 is 9.28. The van der Waals surface area contributed by atoms with E-state index in [9.17, 15) is 0 Å². The number of epoxide rings is 1. The van der Waals surface area contributed by atoms with Crippen LogP contribution >= 0.6 is 27.5 Å². The van der Waals surface area contributed by atoms with Gasteiger partial charge in [-0.15, -0.1) is 0 Å². The Hall–Kier alpha value is -0.120. The number of hydrogen-bond donors (Lipinski definition) is 0. The average Bonchev–Trinajstić information content (AvgIpc) is 2.68. The van der Waals surface area contributed by atoms with Gasteiger partial charge in [0.1, 0.15) is 5.60 Å². The van der Waals surface area contributed by atoms with Gasteiger partial charge >= 0.3 is 0 Å². The zero-order chi connectivity index (χ0) is 8.77. The van der Waals surface area contributed by atoms with Crippen LogP contribution < -0.4 is 0 Å². The van der Waals surface area contributed by atoms with Crippen LogP contribution in [0.15, 0.2) is 16.7 Å². The lowest BCUT2D eigenvalue weighted by Gasteiger charge is -2.06. The molecule has 1 saturated heterocycles. The highest BCUT2D eigenvalue weighted by Gasteiger charge is 2.44. The number of hydrogen-bond acceptors (Lipinski definition) is 2. The smallest absolute Gasteiger partial charge is 0.132 e. The van der Waals surface area contributed by atoms with E-state index in [-0.39, 0.29) is 5.60 Å². The molecule has 64 valence electrons. The van der Waals surface area contributed by atoms with Crippen molar-refractivity contribution < 1.29 is 4.74 Å². The van der Waals surface area contributed by atoms with Crippen molar-refractivity contribution in [1.82, 2.24) is 4.98 Å². The first-order chi connectivity index (χ1) is 5.62. The number of aromatic nitrogens is 1. The molecule has 0 bridgehead atoms. The first-order valence-corrected chi connectivity index (χ1v) is 4.74. The molecule has 0 aliphatic carbocycles. The molecule has 4 heteroatoms. The Morgan fingerprint density at radius 3 is 2.92 bits per heavy atom. The summed E-state index contributed by atoms with van der Waals surface area (Å²) in [7, 11) is 0. The third kappa shape index (κ3) is 1.37. The van der Waals surface area contributed by atoms with Gasteiger partial charge in [-0.05, 0) is 28.9 Å². The van der Waals surface area contributed by atoms with Gasteiger partial charge in [-0.3, -0.25) is 4.98 Å². The largest absolute Gasteiger partial charge is 0.363 e. The fraction of sp³-hybridized carbons (Fsp3) is 0.375. The SMILES string of the molecule is CC1(c2ncc(Br)cc2Cl)CO1. The van der Waals surface area contributed by atoms with E-state index < -0.39 is 0 Å². The van der Waals surface area contributed by atoms with Crippen molar-refractivity contribution in [3.63, 3.8) is 0 Å². The number of ether oxygens (including phenoxy) is 1. The second-order valence-electron chi connectivity index (χ2n) is 3.00. The van der Waals surface area contributed by atoms with Gasteiger partial charge in [-0.1, -0.05) is 11.6 Å². The zero-order valence-corrected chi connectivity index (χ0v) is 8.82. The van der Waals surface area contributed by atoms with E-state index in [4.69, 9.17) is 16.3 Å². The number of pyridine rings is 1. The summed E-state index contributed by atoms with van der Waals surface area (Å²) in [6.45, 7) is 2.69. The molecule has 0 N–H and O–H groups in total. The molecule has 2 heterocycles. The van der Waals surface area contributed by atoms with E-state index in [0.717, 1.165) is 10.2 Å². The molecule has 1 aromatic rings. The molecule has 2 rings (SSSR count). The maximum absolute atomic E-state index is 5.98. The normalized spacial score (nSPS) is 27.2. The molecular weight excluding hydrogens is 241 g/mol. The molecule has 1 aliphatic heterocycles. The second kappa shape index (κ2) is 2.69. The fourth-order valence-electron chi connectivity index (χ4n) is 1.05. The topological polar surface area (TPSA) is 25.4 Å². The summed E-state index contributed by atoms with van der Waals surface area (Å²) in [6, 6.07) is 1.83. The Morgan fingerprint density at radius 1 is 1.75 bits per heavy atom. The highest BCUT2D eigenvalue weighted by atomic mass is 79.9. The predicted molar refractivity (Wildman–Crippen MR) is 50.3 cm³/mol. The molecule has 1 atom stereocenters. The number of rotatable bonds is 1. The molecule has 1 aromatic heterocycles. The van der Waals surface area contributed by atoms with Crippen molar-refractivity contribution >= 4 is 27.5 Å². The lowest BCUT2D eigenvalue weighted by molar-refractivity contribution is 0.324. The monoisotopic (exact) mass is 247 g/mol. The van der Waals surface area contributed by atoms with Gasteiger partial charge < -0.3 is 4.74 Å². The van der Waals surface area contributed by atoms with Crippen molar-refractivity contribution in [3.8, 4) is 0 Å². The first kappa shape index (κ1) is 8.48. The van der Waals surface area contributed by atoms with Crippen molar-refractivity contribution in [1.29, 1.82) is 0 Å². The third-order valence-corrected chi connectivity index (χ3v) is 2.61. The second-order valence-corrected chi connectivity index (χ2v) is 4.33. The van der Waals surface area contributed by atoms with Gasteiger partial charge in [0.25, 0.3) is 0 Å². The molecule has 0 aromatic carbocycles. The molecule has 0 saturated carbocycles. The standard InChI is InChI=1S/C8H7BrClNO/c1-8(4-12-8)7-6(10)2-5(9)3-11-7/h2-3H,4H2,1H3. The van der Waals surface area contributed by atoms with Crippen LogP contribution in [0.2, 0.25) is 5.02 Å². The lowest BCUT2D eigenvalue weighted by Crippen LogP contribution is -2.05. The van der Waals surface area contributed by atoms with Crippen molar-refractivity contribution in [3.05, 3.63) is 27.5 Å². The van der Waals surface area contributed by atoms with E-state index in [1.54, 1.807) is 6.20 Å². The van der Waals surface area contributed by atoms with Gasteiger partial charge in [0, 0.05) is 10.7 Å². The van der Waals surface area contributed by atoms with Crippen molar-refractivity contribution in [2.24, 2.45) is 0 Å². The zero-order valence-electron chi connectivity index (χ0n) is 6.47. The Morgan fingerprint density at radius 2 is 2.42 bits per heavy atom. The highest BCUT2D eigenvalue weighted by molar-refractivity contribution is 9.10. The van der Waals surface area contributed by atoms with Crippen LogP contribution in [0.25, 0.3) is 0 Å².